The average molecular weight is 736 g/mol. The van der Waals surface area contributed by atoms with Crippen LogP contribution in [0.3, 0.4) is 0 Å². The minimum atomic E-state index is -1.86. The Bertz CT molecular complexity index is 1920. The smallest absolute Gasteiger partial charge is 0.264 e. The van der Waals surface area contributed by atoms with Gasteiger partial charge in [0.05, 0.1) is 30.2 Å². The maximum absolute atomic E-state index is 14.1. The summed E-state index contributed by atoms with van der Waals surface area (Å²) in [5.74, 6) is -1.38. The molecule has 0 aromatic heterocycles. The fraction of sp³-hybridized carbons (Fsp3) is 0.250. The highest BCUT2D eigenvalue weighted by Crippen LogP contribution is 2.46. The van der Waals surface area contributed by atoms with E-state index in [1.165, 1.54) is 5.01 Å². The van der Waals surface area contributed by atoms with Gasteiger partial charge in [-0.2, -0.15) is 5.10 Å². The van der Waals surface area contributed by atoms with Crippen LogP contribution in [0.5, 0.6) is 0 Å². The fourth-order valence-electron chi connectivity index (χ4n) is 6.45. The molecule has 3 amide bonds. The molecule has 0 saturated heterocycles. The lowest BCUT2D eigenvalue weighted by molar-refractivity contribution is -0.139. The number of aliphatic hydroxyl groups excluding tert-OH is 1. The van der Waals surface area contributed by atoms with Crippen LogP contribution in [-0.4, -0.2) is 51.7 Å². The van der Waals surface area contributed by atoms with Gasteiger partial charge in [-0.05, 0) is 47.0 Å². The topological polar surface area (TPSA) is 114 Å². The van der Waals surface area contributed by atoms with Crippen LogP contribution in [-0.2, 0) is 33.1 Å². The molecular weight excluding hydrogens is 696 g/mol. The van der Waals surface area contributed by atoms with Gasteiger partial charge in [-0.25, -0.2) is 5.01 Å². The summed E-state index contributed by atoms with van der Waals surface area (Å²) in [5, 5.41) is 27.8. The van der Waals surface area contributed by atoms with Crippen molar-refractivity contribution in [2.24, 2.45) is 11.0 Å². The zero-order valence-electron chi connectivity index (χ0n) is 27.8. The molecule has 0 saturated carbocycles. The lowest BCUT2D eigenvalue weighted by atomic mass is 9.83. The van der Waals surface area contributed by atoms with Crippen LogP contribution in [0.15, 0.2) is 125 Å². The van der Waals surface area contributed by atoms with Crippen LogP contribution in [0.2, 0.25) is 0 Å². The monoisotopic (exact) mass is 734 g/mol. The van der Waals surface area contributed by atoms with Gasteiger partial charge in [-0.3, -0.25) is 14.4 Å². The number of hydrogen-bond acceptors (Lipinski definition) is 6. The molecule has 4 aromatic carbocycles. The normalized spacial score (nSPS) is 18.0. The highest BCUT2D eigenvalue weighted by molar-refractivity contribution is 9.10. The maximum Gasteiger partial charge on any atom is 0.264 e. The number of hydrogen-bond donors (Lipinski definition) is 2. The highest BCUT2D eigenvalue weighted by Gasteiger charge is 2.52. The number of carbonyl (C=O) groups excluding carboxylic acids is 3. The Labute approximate surface area is 300 Å². The van der Waals surface area contributed by atoms with Crippen LogP contribution in [0, 0.1) is 5.92 Å². The molecule has 0 aliphatic carbocycles. The summed E-state index contributed by atoms with van der Waals surface area (Å²) in [4.78, 5) is 43.2. The Morgan fingerprint density at radius 1 is 0.960 bits per heavy atom. The standard InChI is InChI=1S/C40H39BrN4O5/c1-28(9-8-14-37(47)43(23-24-46)26-29-10-4-2-5-11-29)40(50)34-25-32(41)17-21-36(34)44(39(40)49)27-30-15-18-33(19-16-30)45-38(48)22-20-35(42-45)31-12-6-3-7-13-31/h2-13,15-19,21,25,28,46,50H,14,20,22-24,26-27H2,1H3/b9-8+/t28-,40+/m1/s1. The number of carbonyl (C=O) groups is 3. The summed E-state index contributed by atoms with van der Waals surface area (Å²) in [6, 6.07) is 32.2. The molecule has 2 atom stereocenters. The van der Waals surface area contributed by atoms with Crippen molar-refractivity contribution >= 4 is 50.7 Å². The van der Waals surface area contributed by atoms with E-state index in [9.17, 15) is 24.6 Å². The van der Waals surface area contributed by atoms with E-state index in [0.29, 0.717) is 36.3 Å². The van der Waals surface area contributed by atoms with Crippen molar-refractivity contribution in [3.05, 3.63) is 142 Å². The Balaban J connectivity index is 1.17. The lowest BCUT2D eigenvalue weighted by Gasteiger charge is -2.28. The number of amides is 3. The molecular formula is C40H39BrN4O5. The summed E-state index contributed by atoms with van der Waals surface area (Å²) in [6.07, 6.45) is 4.38. The first-order valence-corrected chi connectivity index (χ1v) is 17.5. The predicted molar refractivity (Wildman–Crippen MR) is 197 cm³/mol. The van der Waals surface area contributed by atoms with E-state index in [2.05, 4.69) is 21.0 Å². The fourth-order valence-corrected chi connectivity index (χ4v) is 6.81. The molecule has 2 aliphatic rings. The van der Waals surface area contributed by atoms with Crippen molar-refractivity contribution in [2.45, 2.75) is 44.9 Å². The number of fused-ring (bicyclic) bond motifs is 1. The molecule has 2 N–H and O–H groups in total. The third kappa shape index (κ3) is 7.33. The summed E-state index contributed by atoms with van der Waals surface area (Å²) < 4.78 is 0.724. The van der Waals surface area contributed by atoms with Gasteiger partial charge in [0.25, 0.3) is 5.91 Å². The van der Waals surface area contributed by atoms with Crippen molar-refractivity contribution in [3.63, 3.8) is 0 Å². The summed E-state index contributed by atoms with van der Waals surface area (Å²) in [6.45, 7) is 2.38. The molecule has 0 fully saturated rings. The number of rotatable bonds is 12. The summed E-state index contributed by atoms with van der Waals surface area (Å²) in [7, 11) is 0. The largest absolute Gasteiger partial charge is 0.395 e. The first-order valence-electron chi connectivity index (χ1n) is 16.7. The Kier molecular flexibility index (Phi) is 10.7. The molecule has 50 heavy (non-hydrogen) atoms. The second-order valence-electron chi connectivity index (χ2n) is 12.5. The zero-order valence-corrected chi connectivity index (χ0v) is 29.4. The lowest BCUT2D eigenvalue weighted by Crippen LogP contribution is -2.44. The first kappa shape index (κ1) is 34.9. The SMILES string of the molecule is C[C@H](/C=C/CC(=O)N(CCO)Cc1ccccc1)[C@@]1(O)C(=O)N(Cc2ccc(N3N=C(c4ccccc4)CCC3=O)cc2)c2ccc(Br)cc21. The van der Waals surface area contributed by atoms with Gasteiger partial charge in [0, 0.05) is 48.3 Å². The Hall–Kier alpha value is -4.90. The Morgan fingerprint density at radius 3 is 2.36 bits per heavy atom. The van der Waals surface area contributed by atoms with E-state index < -0.39 is 17.4 Å². The van der Waals surface area contributed by atoms with Gasteiger partial charge in [-0.1, -0.05) is 108 Å². The van der Waals surface area contributed by atoms with Gasteiger partial charge < -0.3 is 20.0 Å². The van der Waals surface area contributed by atoms with Crippen molar-refractivity contribution in [1.29, 1.82) is 0 Å². The van der Waals surface area contributed by atoms with Crippen molar-refractivity contribution in [1.82, 2.24) is 4.90 Å². The number of anilines is 2. The number of halogens is 1. The van der Waals surface area contributed by atoms with E-state index in [1.54, 1.807) is 34.9 Å². The molecule has 0 radical (unpaired) electrons. The zero-order chi connectivity index (χ0) is 35.3. The van der Waals surface area contributed by atoms with E-state index in [0.717, 1.165) is 26.9 Å². The Morgan fingerprint density at radius 2 is 1.66 bits per heavy atom. The molecule has 6 rings (SSSR count). The highest BCUT2D eigenvalue weighted by atomic mass is 79.9. The second kappa shape index (κ2) is 15.3. The van der Waals surface area contributed by atoms with Crippen LogP contribution in [0.25, 0.3) is 0 Å². The van der Waals surface area contributed by atoms with E-state index >= 15 is 0 Å². The average Bonchev–Trinajstić information content (AvgIpc) is 3.34. The second-order valence-corrected chi connectivity index (χ2v) is 13.5. The first-order chi connectivity index (χ1) is 24.2. The summed E-state index contributed by atoms with van der Waals surface area (Å²) >= 11 is 3.50. The third-order valence-corrected chi connectivity index (χ3v) is 9.70. The third-order valence-electron chi connectivity index (χ3n) is 9.21. The van der Waals surface area contributed by atoms with Gasteiger partial charge in [0.15, 0.2) is 5.60 Å². The molecule has 256 valence electrons. The van der Waals surface area contributed by atoms with E-state index in [4.69, 9.17) is 0 Å². The van der Waals surface area contributed by atoms with Crippen LogP contribution in [0.1, 0.15) is 48.4 Å². The molecule has 0 spiro atoms. The molecule has 0 bridgehead atoms. The predicted octanol–water partition coefficient (Wildman–Crippen LogP) is 6.32. The molecule has 0 unspecified atom stereocenters. The van der Waals surface area contributed by atoms with Crippen molar-refractivity contribution in [3.8, 4) is 0 Å². The molecule has 9 nitrogen and oxygen atoms in total. The molecule has 4 aromatic rings. The van der Waals surface area contributed by atoms with Gasteiger partial charge in [0.1, 0.15) is 0 Å². The van der Waals surface area contributed by atoms with Crippen LogP contribution < -0.4 is 9.91 Å². The van der Waals surface area contributed by atoms with Gasteiger partial charge in [-0.15, -0.1) is 0 Å². The van der Waals surface area contributed by atoms with Gasteiger partial charge in [0.2, 0.25) is 11.8 Å². The minimum Gasteiger partial charge on any atom is -0.395 e. The minimum absolute atomic E-state index is 0.0548. The number of hydrazone groups is 1. The molecule has 10 heteroatoms. The van der Waals surface area contributed by atoms with Crippen molar-refractivity contribution < 1.29 is 24.6 Å². The van der Waals surface area contributed by atoms with Crippen molar-refractivity contribution in [2.75, 3.05) is 23.1 Å². The van der Waals surface area contributed by atoms with Gasteiger partial charge >= 0.3 is 0 Å². The van der Waals surface area contributed by atoms with E-state index in [-0.39, 0.29) is 37.9 Å². The van der Waals surface area contributed by atoms with Crippen LogP contribution in [0.4, 0.5) is 11.4 Å². The number of nitrogens with zero attached hydrogens (tertiary/aromatic N) is 4. The number of aliphatic hydroxyl groups is 2. The number of benzene rings is 4. The molecule has 2 heterocycles. The van der Waals surface area contributed by atoms with E-state index in [1.807, 2.05) is 97.1 Å². The summed E-state index contributed by atoms with van der Waals surface area (Å²) in [5.41, 5.74) is 3.45. The van der Waals surface area contributed by atoms with Crippen LogP contribution >= 0.6 is 15.9 Å². The quantitative estimate of drug-likeness (QED) is 0.166. The maximum atomic E-state index is 14.1. The molecule has 2 aliphatic heterocycles.